The molecule has 1 saturated heterocycles. The number of hydrogen-bond donors (Lipinski definition) is 0. The molecule has 1 amide bonds. The maximum atomic E-state index is 12.2. The van der Waals surface area contributed by atoms with Crippen LogP contribution >= 0.6 is 0 Å². The fourth-order valence-corrected chi connectivity index (χ4v) is 3.30. The fourth-order valence-electron chi connectivity index (χ4n) is 3.30. The van der Waals surface area contributed by atoms with Crippen molar-refractivity contribution in [1.29, 1.82) is 0 Å². The molecule has 0 saturated carbocycles. The van der Waals surface area contributed by atoms with Crippen LogP contribution in [0.2, 0.25) is 0 Å². The highest BCUT2D eigenvalue weighted by Crippen LogP contribution is 2.12. The Balaban J connectivity index is 1.73. The Morgan fingerprint density at radius 3 is 2.33 bits per heavy atom. The molecule has 1 aliphatic rings. The largest absolute Gasteiger partial charge is 0.342 e. The summed E-state index contributed by atoms with van der Waals surface area (Å²) in [7, 11) is 0. The number of imidazole rings is 1. The highest BCUT2D eigenvalue weighted by molar-refractivity contribution is 5.78. The summed E-state index contributed by atoms with van der Waals surface area (Å²) in [5.41, 5.74) is 0. The number of hydrogen-bond acceptors (Lipinski definition) is 4. The van der Waals surface area contributed by atoms with Crippen molar-refractivity contribution in [2.75, 3.05) is 52.4 Å². The quantitative estimate of drug-likeness (QED) is 0.722. The second-order valence-electron chi connectivity index (χ2n) is 6.82. The lowest BCUT2D eigenvalue weighted by Gasteiger charge is -2.35. The minimum absolute atomic E-state index is 0.258. The van der Waals surface area contributed by atoms with E-state index in [1.165, 1.54) is 5.82 Å². The molecule has 0 atom stereocenters. The topological polar surface area (TPSA) is 44.6 Å². The zero-order valence-corrected chi connectivity index (χ0v) is 15.7. The van der Waals surface area contributed by atoms with Crippen LogP contribution in [-0.2, 0) is 11.3 Å². The van der Waals surface area contributed by atoms with Gasteiger partial charge in [-0.25, -0.2) is 4.98 Å². The van der Waals surface area contributed by atoms with Gasteiger partial charge in [-0.05, 0) is 13.8 Å². The lowest BCUT2D eigenvalue weighted by atomic mass is 10.2. The van der Waals surface area contributed by atoms with Gasteiger partial charge in [0, 0.05) is 70.7 Å². The molecular weight excluding hydrogens is 302 g/mol. The Morgan fingerprint density at radius 2 is 1.75 bits per heavy atom. The third-order valence-corrected chi connectivity index (χ3v) is 4.86. The van der Waals surface area contributed by atoms with E-state index in [0.29, 0.717) is 12.5 Å². The van der Waals surface area contributed by atoms with E-state index < -0.39 is 0 Å². The summed E-state index contributed by atoms with van der Waals surface area (Å²) < 4.78 is 2.26. The average Bonchev–Trinajstić information content (AvgIpc) is 3.04. The Kier molecular flexibility index (Phi) is 7.24. The van der Waals surface area contributed by atoms with E-state index in [4.69, 9.17) is 0 Å². The van der Waals surface area contributed by atoms with E-state index >= 15 is 0 Å². The van der Waals surface area contributed by atoms with Gasteiger partial charge in [0.2, 0.25) is 5.91 Å². The minimum Gasteiger partial charge on any atom is -0.342 e. The van der Waals surface area contributed by atoms with Gasteiger partial charge in [0.05, 0.1) is 6.54 Å². The molecule has 0 aliphatic carbocycles. The molecule has 24 heavy (non-hydrogen) atoms. The number of rotatable bonds is 8. The standard InChI is InChI=1S/C18H33N5O/c1-5-22(6-2)17(24)15-21-11-9-20(10-12-21)13-14-23-8-7-19-18(23)16(3)4/h7-8,16H,5-6,9-15H2,1-4H3. The third-order valence-electron chi connectivity index (χ3n) is 4.86. The van der Waals surface area contributed by atoms with Crippen LogP contribution in [0, 0.1) is 0 Å². The highest BCUT2D eigenvalue weighted by atomic mass is 16.2. The van der Waals surface area contributed by atoms with Crippen LogP contribution in [0.4, 0.5) is 0 Å². The second kappa shape index (κ2) is 9.18. The first-order chi connectivity index (χ1) is 11.5. The first-order valence-electron chi connectivity index (χ1n) is 9.28. The molecule has 0 N–H and O–H groups in total. The molecular formula is C18H33N5O. The average molecular weight is 335 g/mol. The lowest BCUT2D eigenvalue weighted by Crippen LogP contribution is -2.50. The SMILES string of the molecule is CCN(CC)C(=O)CN1CCN(CCn2ccnc2C(C)C)CC1. The first kappa shape index (κ1) is 18.9. The van der Waals surface area contributed by atoms with Gasteiger partial charge in [-0.1, -0.05) is 13.8 Å². The number of nitrogens with zero attached hydrogens (tertiary/aromatic N) is 5. The van der Waals surface area contributed by atoms with Crippen molar-refractivity contribution in [3.8, 4) is 0 Å². The van der Waals surface area contributed by atoms with E-state index in [1.54, 1.807) is 0 Å². The highest BCUT2D eigenvalue weighted by Gasteiger charge is 2.20. The zero-order chi connectivity index (χ0) is 17.5. The molecule has 1 aromatic rings. The molecule has 0 bridgehead atoms. The molecule has 0 unspecified atom stereocenters. The van der Waals surface area contributed by atoms with Crippen LogP contribution in [0.5, 0.6) is 0 Å². The predicted molar refractivity (Wildman–Crippen MR) is 97.1 cm³/mol. The first-order valence-corrected chi connectivity index (χ1v) is 9.28. The van der Waals surface area contributed by atoms with Gasteiger partial charge < -0.3 is 9.47 Å². The maximum absolute atomic E-state index is 12.2. The summed E-state index contributed by atoms with van der Waals surface area (Å²) >= 11 is 0. The Morgan fingerprint density at radius 1 is 1.12 bits per heavy atom. The zero-order valence-electron chi connectivity index (χ0n) is 15.7. The van der Waals surface area contributed by atoms with Crippen LogP contribution in [0.3, 0.4) is 0 Å². The van der Waals surface area contributed by atoms with Gasteiger partial charge in [-0.3, -0.25) is 14.6 Å². The fraction of sp³-hybridized carbons (Fsp3) is 0.778. The Bertz CT molecular complexity index is 501. The van der Waals surface area contributed by atoms with Crippen LogP contribution in [0.25, 0.3) is 0 Å². The monoisotopic (exact) mass is 335 g/mol. The van der Waals surface area contributed by atoms with Crippen molar-refractivity contribution >= 4 is 5.91 Å². The van der Waals surface area contributed by atoms with Gasteiger partial charge in [0.25, 0.3) is 0 Å². The van der Waals surface area contributed by atoms with Crippen molar-refractivity contribution in [2.45, 2.75) is 40.2 Å². The van der Waals surface area contributed by atoms with Gasteiger partial charge in [0.15, 0.2) is 0 Å². The molecule has 1 aliphatic heterocycles. The minimum atomic E-state index is 0.258. The van der Waals surface area contributed by atoms with Gasteiger partial charge in [-0.2, -0.15) is 0 Å². The summed E-state index contributed by atoms with van der Waals surface area (Å²) in [6.07, 6.45) is 3.97. The summed E-state index contributed by atoms with van der Waals surface area (Å²) in [4.78, 5) is 23.3. The molecule has 6 nitrogen and oxygen atoms in total. The van der Waals surface area contributed by atoms with Gasteiger partial charge >= 0.3 is 0 Å². The maximum Gasteiger partial charge on any atom is 0.236 e. The van der Waals surface area contributed by atoms with Crippen molar-refractivity contribution in [2.24, 2.45) is 0 Å². The van der Waals surface area contributed by atoms with Crippen molar-refractivity contribution < 1.29 is 4.79 Å². The summed E-state index contributed by atoms with van der Waals surface area (Å²) in [6.45, 7) is 16.7. The van der Waals surface area contributed by atoms with E-state index in [2.05, 4.69) is 39.4 Å². The Hall–Kier alpha value is -1.40. The molecule has 1 fully saturated rings. The summed E-state index contributed by atoms with van der Waals surface area (Å²) in [5.74, 6) is 1.88. The third kappa shape index (κ3) is 5.05. The number of amides is 1. The molecule has 0 spiro atoms. The predicted octanol–water partition coefficient (Wildman–Crippen LogP) is 1.49. The van der Waals surface area contributed by atoms with Crippen LogP contribution in [0.15, 0.2) is 12.4 Å². The van der Waals surface area contributed by atoms with Crippen molar-refractivity contribution in [1.82, 2.24) is 24.3 Å². The van der Waals surface area contributed by atoms with Crippen LogP contribution < -0.4 is 0 Å². The van der Waals surface area contributed by atoms with Crippen LogP contribution in [-0.4, -0.2) is 82.5 Å². The van der Waals surface area contributed by atoms with E-state index in [1.807, 2.05) is 24.9 Å². The molecule has 6 heteroatoms. The smallest absolute Gasteiger partial charge is 0.236 e. The second-order valence-corrected chi connectivity index (χ2v) is 6.82. The number of piperazine rings is 1. The molecule has 2 rings (SSSR count). The van der Waals surface area contributed by atoms with Gasteiger partial charge in [-0.15, -0.1) is 0 Å². The van der Waals surface area contributed by atoms with Crippen molar-refractivity contribution in [3.05, 3.63) is 18.2 Å². The number of aromatic nitrogens is 2. The van der Waals surface area contributed by atoms with E-state index in [9.17, 15) is 4.79 Å². The summed E-state index contributed by atoms with van der Waals surface area (Å²) in [5, 5.41) is 0. The number of carbonyl (C=O) groups is 1. The molecule has 2 heterocycles. The summed E-state index contributed by atoms with van der Waals surface area (Å²) in [6, 6.07) is 0. The van der Waals surface area contributed by atoms with Crippen molar-refractivity contribution in [3.63, 3.8) is 0 Å². The Labute approximate surface area is 146 Å². The number of likely N-dealkylation sites (N-methyl/N-ethyl adjacent to an activating group) is 1. The molecule has 136 valence electrons. The number of carbonyl (C=O) groups excluding carboxylic acids is 1. The molecule has 0 radical (unpaired) electrons. The molecule has 0 aromatic carbocycles. The van der Waals surface area contributed by atoms with Gasteiger partial charge in [0.1, 0.15) is 5.82 Å². The molecule has 1 aromatic heterocycles. The normalized spacial score (nSPS) is 16.7. The lowest BCUT2D eigenvalue weighted by molar-refractivity contribution is -0.132. The van der Waals surface area contributed by atoms with E-state index in [-0.39, 0.29) is 5.91 Å². The van der Waals surface area contributed by atoms with E-state index in [0.717, 1.165) is 52.4 Å². The van der Waals surface area contributed by atoms with Crippen LogP contribution in [0.1, 0.15) is 39.4 Å².